The van der Waals surface area contributed by atoms with Crippen molar-refractivity contribution >= 4 is 11.7 Å². The number of benzene rings is 1. The summed E-state index contributed by atoms with van der Waals surface area (Å²) in [5, 5.41) is 14.4. The topological polar surface area (TPSA) is 70.6 Å². The van der Waals surface area contributed by atoms with Gasteiger partial charge in [0, 0.05) is 18.2 Å². The quantitative estimate of drug-likeness (QED) is 0.678. The molecule has 0 spiro atoms. The van der Waals surface area contributed by atoms with Crippen LogP contribution in [-0.4, -0.2) is 29.9 Å². The number of aliphatic hydroxyl groups excluding tert-OH is 1. The van der Waals surface area contributed by atoms with Crippen molar-refractivity contribution in [2.24, 2.45) is 0 Å². The number of ether oxygens (including phenoxy) is 1. The lowest BCUT2D eigenvalue weighted by molar-refractivity contribution is 0.208. The van der Waals surface area contributed by atoms with Gasteiger partial charge in [-0.25, -0.2) is 9.18 Å². The zero-order valence-corrected chi connectivity index (χ0v) is 12.8. The Morgan fingerprint density at radius 2 is 2.27 bits per heavy atom. The maximum atomic E-state index is 13.3. The highest BCUT2D eigenvalue weighted by Gasteiger charge is 2.24. The van der Waals surface area contributed by atoms with Crippen molar-refractivity contribution in [1.29, 1.82) is 0 Å². The van der Waals surface area contributed by atoms with Crippen LogP contribution in [0.2, 0.25) is 0 Å². The first kappa shape index (κ1) is 17.8. The summed E-state index contributed by atoms with van der Waals surface area (Å²) in [6.07, 6.45) is 6.18. The van der Waals surface area contributed by atoms with Crippen molar-refractivity contribution in [3.05, 3.63) is 24.0 Å². The Morgan fingerprint density at radius 3 is 2.86 bits per heavy atom. The molecule has 0 aliphatic heterocycles. The molecule has 0 radical (unpaired) electrons. The SMILES string of the molecule is C#CCOc1ccc(F)cc1NC(=O)NC(C)(CC)CCO. The number of rotatable bonds is 7. The van der Waals surface area contributed by atoms with Crippen molar-refractivity contribution in [1.82, 2.24) is 5.32 Å². The van der Waals surface area contributed by atoms with Crippen LogP contribution in [0, 0.1) is 18.2 Å². The van der Waals surface area contributed by atoms with Gasteiger partial charge in [0.2, 0.25) is 0 Å². The molecule has 120 valence electrons. The fourth-order valence-electron chi connectivity index (χ4n) is 1.85. The van der Waals surface area contributed by atoms with Gasteiger partial charge in [0.1, 0.15) is 18.2 Å². The maximum Gasteiger partial charge on any atom is 0.319 e. The monoisotopic (exact) mass is 308 g/mol. The molecular formula is C16H21FN2O3. The predicted octanol–water partition coefficient (Wildman–Crippen LogP) is 2.51. The Morgan fingerprint density at radius 1 is 1.55 bits per heavy atom. The summed E-state index contributed by atoms with van der Waals surface area (Å²) < 4.78 is 18.6. The van der Waals surface area contributed by atoms with Crippen molar-refractivity contribution < 1.29 is 19.0 Å². The zero-order chi connectivity index (χ0) is 16.6. The molecule has 0 fully saturated rings. The number of halogens is 1. The first-order valence-electron chi connectivity index (χ1n) is 7.00. The number of aliphatic hydroxyl groups is 1. The Labute approximate surface area is 129 Å². The minimum Gasteiger partial charge on any atom is -0.479 e. The van der Waals surface area contributed by atoms with Gasteiger partial charge in [-0.05, 0) is 31.9 Å². The van der Waals surface area contributed by atoms with E-state index >= 15 is 0 Å². The lowest BCUT2D eigenvalue weighted by Crippen LogP contribution is -2.48. The number of carbonyl (C=O) groups excluding carboxylic acids is 1. The van der Waals surface area contributed by atoms with Gasteiger partial charge in [-0.3, -0.25) is 0 Å². The lowest BCUT2D eigenvalue weighted by atomic mass is 9.95. The van der Waals surface area contributed by atoms with Gasteiger partial charge in [-0.15, -0.1) is 6.42 Å². The van der Waals surface area contributed by atoms with Gasteiger partial charge in [0.15, 0.2) is 0 Å². The second-order valence-corrected chi connectivity index (χ2v) is 5.10. The van der Waals surface area contributed by atoms with Crippen LogP contribution in [0.5, 0.6) is 5.75 Å². The lowest BCUT2D eigenvalue weighted by Gasteiger charge is -2.29. The molecule has 0 bridgehead atoms. The number of anilines is 1. The van der Waals surface area contributed by atoms with Crippen LogP contribution < -0.4 is 15.4 Å². The van der Waals surface area contributed by atoms with Crippen molar-refractivity contribution in [2.45, 2.75) is 32.2 Å². The van der Waals surface area contributed by atoms with Crippen molar-refractivity contribution in [3.8, 4) is 18.1 Å². The number of urea groups is 1. The van der Waals surface area contributed by atoms with E-state index in [1.807, 2.05) is 13.8 Å². The van der Waals surface area contributed by atoms with E-state index in [-0.39, 0.29) is 24.7 Å². The summed E-state index contributed by atoms with van der Waals surface area (Å²) in [6.45, 7) is 3.70. The summed E-state index contributed by atoms with van der Waals surface area (Å²) >= 11 is 0. The highest BCUT2D eigenvalue weighted by molar-refractivity contribution is 5.91. The molecule has 0 heterocycles. The number of hydrogen-bond donors (Lipinski definition) is 3. The third-order valence-electron chi connectivity index (χ3n) is 3.36. The summed E-state index contributed by atoms with van der Waals surface area (Å²) in [7, 11) is 0. The van der Waals surface area contributed by atoms with E-state index in [2.05, 4.69) is 16.6 Å². The van der Waals surface area contributed by atoms with Gasteiger partial charge < -0.3 is 20.5 Å². The first-order valence-corrected chi connectivity index (χ1v) is 7.00. The average molecular weight is 308 g/mol. The molecule has 1 aromatic carbocycles. The van der Waals surface area contributed by atoms with E-state index in [4.69, 9.17) is 16.3 Å². The van der Waals surface area contributed by atoms with E-state index in [0.29, 0.717) is 12.8 Å². The summed E-state index contributed by atoms with van der Waals surface area (Å²) in [4.78, 5) is 12.1. The molecule has 3 N–H and O–H groups in total. The normalized spacial score (nSPS) is 12.9. The molecule has 0 saturated carbocycles. The van der Waals surface area contributed by atoms with E-state index in [1.54, 1.807) is 0 Å². The van der Waals surface area contributed by atoms with Crippen molar-refractivity contribution in [3.63, 3.8) is 0 Å². The van der Waals surface area contributed by atoms with Crippen LogP contribution >= 0.6 is 0 Å². The zero-order valence-electron chi connectivity index (χ0n) is 12.8. The number of nitrogens with one attached hydrogen (secondary N) is 2. The average Bonchev–Trinajstić information content (AvgIpc) is 2.46. The van der Waals surface area contributed by atoms with Gasteiger partial charge in [0.25, 0.3) is 0 Å². The summed E-state index contributed by atoms with van der Waals surface area (Å²) in [5.41, 5.74) is -0.360. The van der Waals surface area contributed by atoms with Crippen LogP contribution in [0.25, 0.3) is 0 Å². The smallest absolute Gasteiger partial charge is 0.319 e. The molecule has 0 aromatic heterocycles. The number of carbonyl (C=O) groups is 1. The van der Waals surface area contributed by atoms with E-state index in [1.165, 1.54) is 12.1 Å². The predicted molar refractivity (Wildman–Crippen MR) is 83.3 cm³/mol. The van der Waals surface area contributed by atoms with E-state index < -0.39 is 17.4 Å². The van der Waals surface area contributed by atoms with Gasteiger partial charge in [-0.2, -0.15) is 0 Å². The molecule has 2 amide bonds. The van der Waals surface area contributed by atoms with Gasteiger partial charge >= 0.3 is 6.03 Å². The van der Waals surface area contributed by atoms with Gasteiger partial charge in [0.05, 0.1) is 5.69 Å². The maximum absolute atomic E-state index is 13.3. The number of hydrogen-bond acceptors (Lipinski definition) is 3. The highest BCUT2D eigenvalue weighted by Crippen LogP contribution is 2.25. The molecule has 0 aliphatic rings. The Hall–Kier alpha value is -2.26. The van der Waals surface area contributed by atoms with E-state index in [9.17, 15) is 9.18 Å². The largest absolute Gasteiger partial charge is 0.479 e. The van der Waals surface area contributed by atoms with Crippen LogP contribution in [-0.2, 0) is 0 Å². The molecule has 0 saturated heterocycles. The molecule has 6 heteroatoms. The molecule has 1 atom stereocenters. The Kier molecular flexibility index (Phi) is 6.67. The second kappa shape index (κ2) is 8.25. The molecular weight excluding hydrogens is 287 g/mol. The summed E-state index contributed by atoms with van der Waals surface area (Å²) in [5.74, 6) is 2.09. The van der Waals surface area contributed by atoms with Crippen LogP contribution in [0.4, 0.5) is 14.9 Å². The standard InChI is InChI=1S/C16H21FN2O3/c1-4-10-22-14-7-6-12(17)11-13(14)18-15(21)19-16(3,5-2)8-9-20/h1,6-7,11,20H,5,8-10H2,2-3H3,(H2,18,19,21). The molecule has 1 rings (SSSR count). The van der Waals surface area contributed by atoms with E-state index in [0.717, 1.165) is 6.07 Å². The molecule has 22 heavy (non-hydrogen) atoms. The first-order chi connectivity index (χ1) is 10.4. The molecule has 0 aliphatic carbocycles. The van der Waals surface area contributed by atoms with Crippen molar-refractivity contribution in [2.75, 3.05) is 18.5 Å². The molecule has 1 unspecified atom stereocenters. The minimum absolute atomic E-state index is 0.0130. The Balaban J connectivity index is 2.83. The van der Waals surface area contributed by atoms with Crippen LogP contribution in [0.1, 0.15) is 26.7 Å². The van der Waals surface area contributed by atoms with Crippen LogP contribution in [0.15, 0.2) is 18.2 Å². The third-order valence-corrected chi connectivity index (χ3v) is 3.36. The van der Waals surface area contributed by atoms with Gasteiger partial charge in [-0.1, -0.05) is 12.8 Å². The Bertz CT molecular complexity index is 557. The summed E-state index contributed by atoms with van der Waals surface area (Å²) in [6, 6.07) is 3.26. The fourth-order valence-corrected chi connectivity index (χ4v) is 1.85. The number of amides is 2. The molecule has 1 aromatic rings. The third kappa shape index (κ3) is 5.26. The highest BCUT2D eigenvalue weighted by atomic mass is 19.1. The van der Waals surface area contributed by atoms with Crippen LogP contribution in [0.3, 0.4) is 0 Å². The number of terminal acetylenes is 1. The molecule has 5 nitrogen and oxygen atoms in total. The minimum atomic E-state index is -0.550. The second-order valence-electron chi connectivity index (χ2n) is 5.10. The fraction of sp³-hybridized carbons (Fsp3) is 0.438.